The Morgan fingerprint density at radius 3 is 2.80 bits per heavy atom. The Morgan fingerprint density at radius 2 is 2.05 bits per heavy atom. The molecule has 3 rings (SSSR count). The zero-order valence-corrected chi connectivity index (χ0v) is 12.6. The number of rotatable bonds is 2. The maximum Gasteiger partial charge on any atom is 0.152 e. The molecular weight excluding hydrogens is 340 g/mol. The smallest absolute Gasteiger partial charge is 0.152 e. The number of hydrogen-bond acceptors (Lipinski definition) is 3. The molecular formula is C14H10BrClN4. The van der Waals surface area contributed by atoms with Crippen LogP contribution in [0.5, 0.6) is 0 Å². The Balaban J connectivity index is 2.15. The molecule has 100 valence electrons. The van der Waals surface area contributed by atoms with E-state index in [9.17, 15) is 0 Å². The van der Waals surface area contributed by atoms with Gasteiger partial charge in [0.25, 0.3) is 0 Å². The minimum Gasteiger partial charge on any atom is -0.399 e. The number of halogens is 2. The lowest BCUT2D eigenvalue weighted by Gasteiger charge is -2.09. The SMILES string of the molecule is Nc1cccc(-c2nccn2-c2ncc(Cl)cc2Br)c1. The van der Waals surface area contributed by atoms with Gasteiger partial charge in [-0.3, -0.25) is 4.57 Å². The number of nitrogen functional groups attached to an aromatic ring is 1. The van der Waals surface area contributed by atoms with E-state index in [4.69, 9.17) is 17.3 Å². The Morgan fingerprint density at radius 1 is 1.20 bits per heavy atom. The number of nitrogens with zero attached hydrogens (tertiary/aromatic N) is 3. The predicted octanol–water partition coefficient (Wildman–Crippen LogP) is 3.93. The highest BCUT2D eigenvalue weighted by Gasteiger charge is 2.11. The van der Waals surface area contributed by atoms with Crippen LogP contribution in [-0.2, 0) is 0 Å². The summed E-state index contributed by atoms with van der Waals surface area (Å²) in [6.07, 6.45) is 5.17. The first-order valence-corrected chi connectivity index (χ1v) is 7.03. The number of hydrogen-bond donors (Lipinski definition) is 1. The minimum atomic E-state index is 0.575. The molecule has 20 heavy (non-hydrogen) atoms. The fourth-order valence-electron chi connectivity index (χ4n) is 1.95. The second-order valence-electron chi connectivity index (χ2n) is 4.21. The predicted molar refractivity (Wildman–Crippen MR) is 83.9 cm³/mol. The summed E-state index contributed by atoms with van der Waals surface area (Å²) >= 11 is 9.39. The van der Waals surface area contributed by atoms with E-state index >= 15 is 0 Å². The minimum absolute atomic E-state index is 0.575. The maximum atomic E-state index is 5.92. The van der Waals surface area contributed by atoms with E-state index in [-0.39, 0.29) is 0 Å². The molecule has 0 saturated heterocycles. The van der Waals surface area contributed by atoms with Crippen LogP contribution in [-0.4, -0.2) is 14.5 Å². The van der Waals surface area contributed by atoms with Gasteiger partial charge in [-0.05, 0) is 34.1 Å². The van der Waals surface area contributed by atoms with Crippen molar-refractivity contribution < 1.29 is 0 Å². The van der Waals surface area contributed by atoms with Gasteiger partial charge < -0.3 is 5.73 Å². The third-order valence-electron chi connectivity index (χ3n) is 2.80. The largest absolute Gasteiger partial charge is 0.399 e. The monoisotopic (exact) mass is 348 g/mol. The summed E-state index contributed by atoms with van der Waals surface area (Å²) in [6, 6.07) is 9.37. The number of benzene rings is 1. The molecule has 0 radical (unpaired) electrons. The first kappa shape index (κ1) is 13.1. The Bertz CT molecular complexity index is 769. The number of aromatic nitrogens is 3. The van der Waals surface area contributed by atoms with Crippen molar-refractivity contribution in [1.82, 2.24) is 14.5 Å². The van der Waals surface area contributed by atoms with Gasteiger partial charge in [0, 0.05) is 29.8 Å². The number of anilines is 1. The normalized spacial score (nSPS) is 10.7. The van der Waals surface area contributed by atoms with Crippen molar-refractivity contribution in [3.05, 3.63) is 58.4 Å². The molecule has 0 aliphatic heterocycles. The molecule has 2 aromatic heterocycles. The highest BCUT2D eigenvalue weighted by atomic mass is 79.9. The van der Waals surface area contributed by atoms with Crippen LogP contribution >= 0.6 is 27.5 Å². The maximum absolute atomic E-state index is 5.92. The van der Waals surface area contributed by atoms with Gasteiger partial charge in [0.05, 0.1) is 9.50 Å². The second kappa shape index (κ2) is 5.26. The van der Waals surface area contributed by atoms with E-state index in [2.05, 4.69) is 25.9 Å². The van der Waals surface area contributed by atoms with Crippen LogP contribution in [0.15, 0.2) is 53.4 Å². The number of nitrogens with two attached hydrogens (primary N) is 1. The lowest BCUT2D eigenvalue weighted by molar-refractivity contribution is 0.993. The van der Waals surface area contributed by atoms with Gasteiger partial charge in [-0.15, -0.1) is 0 Å². The van der Waals surface area contributed by atoms with Gasteiger partial charge in [-0.2, -0.15) is 0 Å². The molecule has 0 fully saturated rings. The molecule has 0 amide bonds. The Kier molecular flexibility index (Phi) is 3.46. The molecule has 0 atom stereocenters. The van der Waals surface area contributed by atoms with E-state index in [1.807, 2.05) is 35.0 Å². The third-order valence-corrected chi connectivity index (χ3v) is 3.59. The molecule has 0 bridgehead atoms. The van der Waals surface area contributed by atoms with Crippen molar-refractivity contribution >= 4 is 33.2 Å². The Labute approximate surface area is 129 Å². The summed E-state index contributed by atoms with van der Waals surface area (Å²) in [7, 11) is 0. The van der Waals surface area contributed by atoms with Crippen LogP contribution in [0, 0.1) is 0 Å². The molecule has 1 aromatic carbocycles. The fraction of sp³-hybridized carbons (Fsp3) is 0. The summed E-state index contributed by atoms with van der Waals surface area (Å²) in [4.78, 5) is 8.72. The molecule has 3 aromatic rings. The van der Waals surface area contributed by atoms with Gasteiger partial charge in [0.15, 0.2) is 5.82 Å². The summed E-state index contributed by atoms with van der Waals surface area (Å²) in [5, 5.41) is 0.575. The first-order chi connectivity index (χ1) is 9.65. The summed E-state index contributed by atoms with van der Waals surface area (Å²) in [5.74, 6) is 1.50. The average Bonchev–Trinajstić information content (AvgIpc) is 2.87. The average molecular weight is 350 g/mol. The standard InChI is InChI=1S/C14H10BrClN4/c15-12-7-10(16)8-19-14(12)20-5-4-18-13(20)9-2-1-3-11(17)6-9/h1-8H,17H2. The highest BCUT2D eigenvalue weighted by Crippen LogP contribution is 2.27. The fourth-order valence-corrected chi connectivity index (χ4v) is 2.78. The van der Waals surface area contributed by atoms with E-state index in [0.717, 1.165) is 21.7 Å². The van der Waals surface area contributed by atoms with Crippen molar-refractivity contribution in [2.24, 2.45) is 0 Å². The molecule has 0 saturated carbocycles. The zero-order valence-electron chi connectivity index (χ0n) is 10.3. The lowest BCUT2D eigenvalue weighted by atomic mass is 10.2. The molecule has 4 nitrogen and oxygen atoms in total. The van der Waals surface area contributed by atoms with E-state index in [0.29, 0.717) is 10.7 Å². The van der Waals surface area contributed by atoms with Crippen molar-refractivity contribution in [2.45, 2.75) is 0 Å². The van der Waals surface area contributed by atoms with Crippen LogP contribution in [0.3, 0.4) is 0 Å². The van der Waals surface area contributed by atoms with Crippen LogP contribution < -0.4 is 5.73 Å². The highest BCUT2D eigenvalue weighted by molar-refractivity contribution is 9.10. The molecule has 2 heterocycles. The third kappa shape index (κ3) is 2.42. The van der Waals surface area contributed by atoms with Crippen molar-refractivity contribution in [3.8, 4) is 17.2 Å². The molecule has 2 N–H and O–H groups in total. The van der Waals surface area contributed by atoms with E-state index in [1.165, 1.54) is 0 Å². The summed E-state index contributed by atoms with van der Waals surface area (Å²) < 4.78 is 2.68. The van der Waals surface area contributed by atoms with E-state index < -0.39 is 0 Å². The quantitative estimate of drug-likeness (QED) is 0.713. The van der Waals surface area contributed by atoms with Crippen LogP contribution in [0.4, 0.5) is 5.69 Å². The van der Waals surface area contributed by atoms with Crippen molar-refractivity contribution in [3.63, 3.8) is 0 Å². The molecule has 0 aliphatic rings. The number of pyridine rings is 1. The van der Waals surface area contributed by atoms with Crippen LogP contribution in [0.1, 0.15) is 0 Å². The molecule has 0 spiro atoms. The van der Waals surface area contributed by atoms with Gasteiger partial charge >= 0.3 is 0 Å². The van der Waals surface area contributed by atoms with Crippen molar-refractivity contribution in [2.75, 3.05) is 5.73 Å². The van der Waals surface area contributed by atoms with E-state index in [1.54, 1.807) is 18.5 Å². The Hall–Kier alpha value is -1.85. The van der Waals surface area contributed by atoms with Gasteiger partial charge in [0.2, 0.25) is 0 Å². The molecule has 0 unspecified atom stereocenters. The molecule has 6 heteroatoms. The van der Waals surface area contributed by atoms with Gasteiger partial charge in [-0.1, -0.05) is 23.7 Å². The molecule has 0 aliphatic carbocycles. The summed E-state index contributed by atoms with van der Waals surface area (Å²) in [5.41, 5.74) is 7.45. The zero-order chi connectivity index (χ0) is 14.1. The topological polar surface area (TPSA) is 56.7 Å². The van der Waals surface area contributed by atoms with Gasteiger partial charge in [-0.25, -0.2) is 9.97 Å². The summed E-state index contributed by atoms with van der Waals surface area (Å²) in [6.45, 7) is 0. The number of imidazole rings is 1. The van der Waals surface area contributed by atoms with Crippen LogP contribution in [0.25, 0.3) is 17.2 Å². The lowest BCUT2D eigenvalue weighted by Crippen LogP contribution is -2.00. The first-order valence-electron chi connectivity index (χ1n) is 5.86. The van der Waals surface area contributed by atoms with Gasteiger partial charge in [0.1, 0.15) is 5.82 Å². The van der Waals surface area contributed by atoms with Crippen LogP contribution in [0.2, 0.25) is 5.02 Å². The van der Waals surface area contributed by atoms with Crippen molar-refractivity contribution in [1.29, 1.82) is 0 Å². The second-order valence-corrected chi connectivity index (χ2v) is 5.50.